The normalized spacial score (nSPS) is 15.8. The molecule has 2 unspecified atom stereocenters. The van der Waals surface area contributed by atoms with Gasteiger partial charge >= 0.3 is 29.6 Å². The Kier molecular flexibility index (Phi) is 53.1. The van der Waals surface area contributed by atoms with Gasteiger partial charge < -0.3 is 42.7 Å². The average molecular weight is 1080 g/mol. The molecule has 0 saturated carbocycles. The summed E-state index contributed by atoms with van der Waals surface area (Å²) in [5, 5.41) is 51.1. The molecule has 0 aromatic rings. The fraction of sp³-hybridized carbons (Fsp3) is 0.787. The Hall–Kier alpha value is -2.56. The fourth-order valence-electron chi connectivity index (χ4n) is 6.53. The van der Waals surface area contributed by atoms with E-state index in [0.29, 0.717) is 64.1 Å². The van der Waals surface area contributed by atoms with Crippen LogP contribution < -0.4 is 56.9 Å². The van der Waals surface area contributed by atoms with Crippen LogP contribution in [0.25, 0.3) is 0 Å². The van der Waals surface area contributed by atoms with E-state index in [1.165, 1.54) is 59.4 Å². The number of imide groups is 3. The first-order valence-corrected chi connectivity index (χ1v) is 27.0. The van der Waals surface area contributed by atoms with Crippen LogP contribution in [-0.4, -0.2) is 158 Å². The molecule has 0 spiro atoms. The molecular formula is C47H86N7NaO15S2. The summed E-state index contributed by atoms with van der Waals surface area (Å²) in [6.07, 6.45) is 21.6. The van der Waals surface area contributed by atoms with Crippen molar-refractivity contribution >= 4 is 71.1 Å². The predicted octanol–water partition coefficient (Wildman–Crippen LogP) is -0.531. The maximum Gasteiger partial charge on any atom is 1.00 e. The number of amides is 8. The molecule has 3 heterocycles. The number of aliphatic hydroxyl groups excluding tert-OH is 3. The Bertz CT molecular complexity index is 1470. The van der Waals surface area contributed by atoms with E-state index in [-0.39, 0.29) is 94.9 Å². The number of aliphatic hydroxyl groups is 3. The molecule has 25 heteroatoms. The zero-order valence-electron chi connectivity index (χ0n) is 43.2. The quantitative estimate of drug-likeness (QED) is 0.00752. The Balaban J connectivity index is -0.000000895. The number of hydrogen-bond acceptors (Lipinski definition) is 19. The number of carbonyl (C=O) groups is 8. The van der Waals surface area contributed by atoms with E-state index >= 15 is 0 Å². The Morgan fingerprint density at radius 2 is 1.07 bits per heavy atom. The molecule has 8 amide bonds. The summed E-state index contributed by atoms with van der Waals surface area (Å²) in [7, 11) is 0. The van der Waals surface area contributed by atoms with Crippen molar-refractivity contribution < 1.29 is 103 Å². The third-order valence-electron chi connectivity index (χ3n) is 10.5. The topological polar surface area (TPSA) is 345 Å². The summed E-state index contributed by atoms with van der Waals surface area (Å²) >= 11 is 1.93. The van der Waals surface area contributed by atoms with E-state index in [2.05, 4.69) is 26.9 Å². The molecule has 412 valence electrons. The number of nitrogens with zero attached hydrogens (tertiary/aromatic N) is 3. The van der Waals surface area contributed by atoms with Crippen LogP contribution in [0.5, 0.6) is 0 Å². The van der Waals surface area contributed by atoms with Gasteiger partial charge in [0, 0.05) is 89.5 Å². The fourth-order valence-corrected chi connectivity index (χ4v) is 7.98. The smallest absolute Gasteiger partial charge is 0.691 e. The molecule has 2 saturated heterocycles. The van der Waals surface area contributed by atoms with Crippen LogP contribution >= 0.6 is 23.8 Å². The van der Waals surface area contributed by atoms with Gasteiger partial charge in [0.05, 0.1) is 11.7 Å². The van der Waals surface area contributed by atoms with Crippen LogP contribution in [-0.2, 0) is 47.7 Å². The van der Waals surface area contributed by atoms with Crippen LogP contribution in [0.2, 0.25) is 0 Å². The summed E-state index contributed by atoms with van der Waals surface area (Å²) in [6.45, 7) is 8.72. The van der Waals surface area contributed by atoms with Crippen LogP contribution in [0.1, 0.15) is 162 Å². The summed E-state index contributed by atoms with van der Waals surface area (Å²) in [5.41, 5.74) is 10.5. The van der Waals surface area contributed by atoms with Crippen LogP contribution in [0.15, 0.2) is 12.2 Å². The third-order valence-corrected chi connectivity index (χ3v) is 12.4. The van der Waals surface area contributed by atoms with Gasteiger partial charge in [0.2, 0.25) is 23.6 Å². The van der Waals surface area contributed by atoms with Gasteiger partial charge in [-0.3, -0.25) is 58.4 Å². The van der Waals surface area contributed by atoms with E-state index in [9.17, 15) is 43.6 Å². The molecule has 0 aromatic heterocycles. The number of unbranched alkanes of at least 4 members (excludes halogenated alkanes) is 13. The first-order chi connectivity index (χ1) is 34.2. The minimum atomic E-state index is -0.906. The Morgan fingerprint density at radius 1 is 0.625 bits per heavy atom. The SMILES string of the molecule is CCCCCCN.CCSC1CC(=O)N(CCCCCC(=O)NCCCCCO)C1=O.NCCCCCO.O=C(CCCCCN1C(=O)C=CC1=O)NCCCCCO.O=C1CC(SOO[O-])C(=O)N1O.[Na+]. The van der Waals surface area contributed by atoms with Crippen molar-refractivity contribution in [3.05, 3.63) is 12.2 Å². The van der Waals surface area contributed by atoms with Crippen molar-refractivity contribution in [2.45, 2.75) is 172 Å². The molecule has 3 aliphatic rings. The number of rotatable bonds is 35. The first kappa shape index (κ1) is 73.7. The molecule has 72 heavy (non-hydrogen) atoms. The van der Waals surface area contributed by atoms with Crippen molar-refractivity contribution in [1.29, 1.82) is 0 Å². The van der Waals surface area contributed by atoms with E-state index in [4.69, 9.17) is 32.0 Å². The van der Waals surface area contributed by atoms with Crippen molar-refractivity contribution in [3.63, 3.8) is 0 Å². The zero-order valence-corrected chi connectivity index (χ0v) is 46.9. The maximum atomic E-state index is 12.1. The van der Waals surface area contributed by atoms with Gasteiger partial charge in [-0.15, -0.1) is 11.8 Å². The summed E-state index contributed by atoms with van der Waals surface area (Å²) < 4.78 is 3.83. The van der Waals surface area contributed by atoms with Gasteiger partial charge in [0.15, 0.2) is 0 Å². The van der Waals surface area contributed by atoms with Crippen molar-refractivity contribution in [2.75, 3.05) is 64.8 Å². The molecule has 22 nitrogen and oxygen atoms in total. The number of hydroxylamine groups is 2. The van der Waals surface area contributed by atoms with Crippen molar-refractivity contribution in [1.82, 2.24) is 25.5 Å². The minimum absolute atomic E-state index is 0. The first-order valence-electron chi connectivity index (χ1n) is 25.2. The average Bonchev–Trinajstić information content (AvgIpc) is 3.92. The predicted molar refractivity (Wildman–Crippen MR) is 269 cm³/mol. The van der Waals surface area contributed by atoms with Gasteiger partial charge in [-0.2, -0.15) is 9.40 Å². The van der Waals surface area contributed by atoms with Gasteiger partial charge in [-0.05, 0) is 109 Å². The van der Waals surface area contributed by atoms with Crippen LogP contribution in [0, 0.1) is 0 Å². The summed E-state index contributed by atoms with van der Waals surface area (Å²) in [4.78, 5) is 93.7. The number of carbonyl (C=O) groups excluding carboxylic acids is 8. The van der Waals surface area contributed by atoms with Gasteiger partial charge in [0.1, 0.15) is 5.25 Å². The molecule has 0 bridgehead atoms. The summed E-state index contributed by atoms with van der Waals surface area (Å²) in [6, 6.07) is 0. The molecule has 0 aliphatic carbocycles. The zero-order chi connectivity index (χ0) is 53.5. The van der Waals surface area contributed by atoms with Crippen LogP contribution in [0.3, 0.4) is 0 Å². The maximum absolute atomic E-state index is 12.1. The molecule has 2 atom stereocenters. The standard InChI is InChI=1S/C17H30N2O4S.C15H24N2O4.C6H15N.C5H13NO.C4H5NO6S.Na/c1-2-24-14-13-16(22)19(17(14)23)11-7-3-5-9-15(21)18-10-6-4-8-12-20;18-12-6-2-4-10-16-13(19)7-3-1-5-11-17-14(20)8-9-15(17)21;1-2-3-4-5-6-7;6-4-2-1-3-5-7;6-3-1-2(12-11-10-9)4(7)5(3)8;/h14,20H,2-13H2,1H3,(H,18,21);8-9,18H,1-7,10-12H2,(H,16,19);2-7H2,1H3;7H,1-6H2;2,8-9H,1H2;/q;;;;;+1/p-1. The Labute approximate surface area is 457 Å². The number of thioether (sulfide) groups is 1. The Morgan fingerprint density at radius 3 is 1.49 bits per heavy atom. The molecule has 3 aliphatic heterocycles. The molecule has 0 aromatic carbocycles. The second-order valence-electron chi connectivity index (χ2n) is 16.5. The largest absolute Gasteiger partial charge is 1.00 e. The molecule has 3 rings (SSSR count). The van der Waals surface area contributed by atoms with Gasteiger partial charge in [-0.25, -0.2) is 0 Å². The van der Waals surface area contributed by atoms with Gasteiger partial charge in [-0.1, -0.05) is 46.0 Å². The van der Waals surface area contributed by atoms with E-state index in [1.807, 2.05) is 6.92 Å². The van der Waals surface area contributed by atoms with E-state index < -0.39 is 17.1 Å². The molecular weight excluding hydrogens is 990 g/mol. The third kappa shape index (κ3) is 38.9. The minimum Gasteiger partial charge on any atom is -0.691 e. The number of hydrogen-bond donors (Lipinski definition) is 8. The number of likely N-dealkylation sites (tertiary alicyclic amines) is 1. The van der Waals surface area contributed by atoms with Crippen molar-refractivity contribution in [2.24, 2.45) is 11.5 Å². The monoisotopic (exact) mass is 1080 g/mol. The number of nitrogens with one attached hydrogen (secondary N) is 2. The summed E-state index contributed by atoms with van der Waals surface area (Å²) in [5.74, 6) is -1.23. The van der Waals surface area contributed by atoms with Crippen LogP contribution in [0.4, 0.5) is 0 Å². The van der Waals surface area contributed by atoms with E-state index in [1.54, 1.807) is 0 Å². The second-order valence-corrected chi connectivity index (χ2v) is 18.9. The molecule has 10 N–H and O–H groups in total. The van der Waals surface area contributed by atoms with Crippen molar-refractivity contribution in [3.8, 4) is 0 Å². The molecule has 0 radical (unpaired) electrons. The molecule has 2 fully saturated rings. The number of nitrogens with two attached hydrogens (primary N) is 2. The second kappa shape index (κ2) is 51.9. The van der Waals surface area contributed by atoms with Gasteiger partial charge in [0.25, 0.3) is 23.6 Å². The van der Waals surface area contributed by atoms with E-state index in [0.717, 1.165) is 115 Å².